The fourth-order valence-corrected chi connectivity index (χ4v) is 2.90. The van der Waals surface area contributed by atoms with E-state index < -0.39 is 9.84 Å². The Morgan fingerprint density at radius 3 is 2.25 bits per heavy atom. The third-order valence-corrected chi connectivity index (χ3v) is 4.07. The van der Waals surface area contributed by atoms with Crippen molar-refractivity contribution in [1.29, 1.82) is 0 Å². The van der Waals surface area contributed by atoms with Crippen LogP contribution in [0.1, 0.15) is 5.56 Å². The molecule has 0 fully saturated rings. The smallest absolute Gasteiger partial charge is 0.193 e. The number of nitrogens with zero attached hydrogens (tertiary/aromatic N) is 1. The van der Waals surface area contributed by atoms with Crippen LogP contribution in [0.25, 0.3) is 0 Å². The van der Waals surface area contributed by atoms with E-state index in [2.05, 4.69) is 4.99 Å². The van der Waals surface area contributed by atoms with Crippen LogP contribution in [0.4, 0.5) is 5.69 Å². The van der Waals surface area contributed by atoms with Crippen molar-refractivity contribution in [3.05, 3.63) is 64.1 Å². The average Bonchev–Trinajstić information content (AvgIpc) is 2.37. The molecule has 6 heteroatoms. The minimum Gasteiger partial charge on any atom is -0.235 e. The van der Waals surface area contributed by atoms with Crippen LogP contribution in [0.15, 0.2) is 53.5 Å². The molecule has 0 heterocycles. The predicted molar refractivity (Wildman–Crippen MR) is 83.9 cm³/mol. The number of aliphatic imine (C=N–C) groups is 1. The Morgan fingerprint density at radius 1 is 1.05 bits per heavy atom. The molecule has 20 heavy (non-hydrogen) atoms. The number of benzene rings is 2. The highest BCUT2D eigenvalue weighted by molar-refractivity contribution is 8.06. The van der Waals surface area contributed by atoms with Crippen LogP contribution in [-0.4, -0.2) is 19.7 Å². The monoisotopic (exact) mass is 327 g/mol. The first-order chi connectivity index (χ1) is 9.38. The van der Waals surface area contributed by atoms with E-state index in [0.29, 0.717) is 21.3 Å². The Kier molecular flexibility index (Phi) is 4.48. The normalized spacial score (nSPS) is 12.4. The van der Waals surface area contributed by atoms with E-state index in [1.807, 2.05) is 0 Å². The second-order valence-electron chi connectivity index (χ2n) is 4.15. The second-order valence-corrected chi connectivity index (χ2v) is 6.93. The minimum absolute atomic E-state index is 0.0256. The molecule has 0 amide bonds. The van der Waals surface area contributed by atoms with Crippen molar-refractivity contribution in [1.82, 2.24) is 0 Å². The maximum absolute atomic E-state index is 11.9. The molecule has 0 aliphatic carbocycles. The summed E-state index contributed by atoms with van der Waals surface area (Å²) >= 11 is 11.8. The SMILES string of the molecule is CS(=O)(=O)C(=Nc1ccc(Cl)cc1Cl)c1ccccc1. The summed E-state index contributed by atoms with van der Waals surface area (Å²) in [4.78, 5) is 4.18. The number of hydrogen-bond acceptors (Lipinski definition) is 3. The van der Waals surface area contributed by atoms with Gasteiger partial charge >= 0.3 is 0 Å². The van der Waals surface area contributed by atoms with Crippen molar-refractivity contribution < 1.29 is 8.42 Å². The quantitative estimate of drug-likeness (QED) is 0.615. The van der Waals surface area contributed by atoms with Gasteiger partial charge in [-0.2, -0.15) is 0 Å². The summed E-state index contributed by atoms with van der Waals surface area (Å²) in [5.41, 5.74) is 0.876. The highest BCUT2D eigenvalue weighted by Crippen LogP contribution is 2.29. The van der Waals surface area contributed by atoms with Gasteiger partial charge in [-0.25, -0.2) is 13.4 Å². The topological polar surface area (TPSA) is 46.5 Å². The molecule has 0 spiro atoms. The third kappa shape index (κ3) is 3.60. The molecule has 104 valence electrons. The van der Waals surface area contributed by atoms with Gasteiger partial charge in [0, 0.05) is 16.8 Å². The third-order valence-electron chi connectivity index (χ3n) is 2.50. The molecule has 0 aromatic heterocycles. The van der Waals surface area contributed by atoms with Gasteiger partial charge in [0.25, 0.3) is 0 Å². The van der Waals surface area contributed by atoms with Crippen molar-refractivity contribution in [2.24, 2.45) is 4.99 Å². The zero-order chi connectivity index (χ0) is 14.8. The van der Waals surface area contributed by atoms with E-state index in [0.717, 1.165) is 6.26 Å². The van der Waals surface area contributed by atoms with E-state index >= 15 is 0 Å². The Hall–Kier alpha value is -1.36. The van der Waals surface area contributed by atoms with Gasteiger partial charge in [0.2, 0.25) is 0 Å². The summed E-state index contributed by atoms with van der Waals surface area (Å²) in [6.45, 7) is 0. The maximum Gasteiger partial charge on any atom is 0.193 e. The van der Waals surface area contributed by atoms with E-state index in [-0.39, 0.29) is 5.04 Å². The fraction of sp³-hybridized carbons (Fsp3) is 0.0714. The summed E-state index contributed by atoms with van der Waals surface area (Å²) in [7, 11) is -3.48. The highest BCUT2D eigenvalue weighted by Gasteiger charge is 2.16. The molecule has 2 rings (SSSR count). The van der Waals surface area contributed by atoms with Crippen molar-refractivity contribution >= 4 is 43.8 Å². The zero-order valence-corrected chi connectivity index (χ0v) is 12.9. The summed E-state index contributed by atoms with van der Waals surface area (Å²) in [6, 6.07) is 13.4. The first-order valence-electron chi connectivity index (χ1n) is 5.67. The predicted octanol–water partition coefficient (Wildman–Crippen LogP) is 4.12. The maximum atomic E-state index is 11.9. The molecule has 2 aromatic rings. The first kappa shape index (κ1) is 15.0. The molecule has 0 saturated carbocycles. The molecule has 0 N–H and O–H groups in total. The summed E-state index contributed by atoms with van der Waals surface area (Å²) in [5.74, 6) is 0. The van der Waals surface area contributed by atoms with E-state index in [9.17, 15) is 8.42 Å². The fourth-order valence-electron chi connectivity index (χ4n) is 1.62. The van der Waals surface area contributed by atoms with Gasteiger partial charge in [-0.3, -0.25) is 0 Å². The van der Waals surface area contributed by atoms with E-state index in [1.54, 1.807) is 42.5 Å². The molecule has 0 aliphatic rings. The van der Waals surface area contributed by atoms with Crippen LogP contribution in [-0.2, 0) is 9.84 Å². The molecule has 0 atom stereocenters. The van der Waals surface area contributed by atoms with Gasteiger partial charge < -0.3 is 0 Å². The largest absolute Gasteiger partial charge is 0.235 e. The van der Waals surface area contributed by atoms with Gasteiger partial charge in [-0.15, -0.1) is 0 Å². The van der Waals surface area contributed by atoms with Crippen LogP contribution in [0.3, 0.4) is 0 Å². The van der Waals surface area contributed by atoms with Crippen molar-refractivity contribution in [2.75, 3.05) is 6.26 Å². The first-order valence-corrected chi connectivity index (χ1v) is 8.32. The Balaban J connectivity index is 2.61. The van der Waals surface area contributed by atoms with Crippen molar-refractivity contribution in [2.45, 2.75) is 0 Å². The highest BCUT2D eigenvalue weighted by atomic mass is 35.5. The molecule has 0 aliphatic heterocycles. The van der Waals surface area contributed by atoms with Gasteiger partial charge in [0.1, 0.15) is 0 Å². The van der Waals surface area contributed by atoms with Gasteiger partial charge in [0.15, 0.2) is 14.9 Å². The molecule has 0 unspecified atom stereocenters. The van der Waals surface area contributed by atoms with Crippen LogP contribution >= 0.6 is 23.2 Å². The van der Waals surface area contributed by atoms with Crippen molar-refractivity contribution in [3.63, 3.8) is 0 Å². The second kappa shape index (κ2) is 5.95. The van der Waals surface area contributed by atoms with Gasteiger partial charge in [-0.05, 0) is 18.2 Å². The summed E-state index contributed by atoms with van der Waals surface area (Å²) < 4.78 is 23.8. The van der Waals surface area contributed by atoms with E-state index in [1.165, 1.54) is 6.07 Å². The lowest BCUT2D eigenvalue weighted by molar-refractivity contribution is 0.612. The molecule has 2 aromatic carbocycles. The summed E-state index contributed by atoms with van der Waals surface area (Å²) in [5, 5.41) is 0.742. The number of halogens is 2. The molecule has 0 radical (unpaired) electrons. The lowest BCUT2D eigenvalue weighted by atomic mass is 10.2. The van der Waals surface area contributed by atoms with Crippen LogP contribution < -0.4 is 0 Å². The van der Waals surface area contributed by atoms with Crippen LogP contribution in [0.5, 0.6) is 0 Å². The van der Waals surface area contributed by atoms with Gasteiger partial charge in [0.05, 0.1) is 10.7 Å². The Morgan fingerprint density at radius 2 is 1.70 bits per heavy atom. The van der Waals surface area contributed by atoms with Crippen LogP contribution in [0.2, 0.25) is 10.0 Å². The molecule has 0 bridgehead atoms. The number of rotatable bonds is 2. The van der Waals surface area contributed by atoms with Gasteiger partial charge in [-0.1, -0.05) is 53.5 Å². The molecule has 3 nitrogen and oxygen atoms in total. The van der Waals surface area contributed by atoms with Crippen LogP contribution in [0, 0.1) is 0 Å². The number of sulfone groups is 1. The average molecular weight is 328 g/mol. The molecular formula is C14H11Cl2NO2S. The standard InChI is InChI=1S/C14H11Cl2NO2S/c1-20(18,19)14(10-5-3-2-4-6-10)17-13-8-7-11(15)9-12(13)16/h2-9H,1H3. The van der Waals surface area contributed by atoms with Crippen molar-refractivity contribution in [3.8, 4) is 0 Å². The lowest BCUT2D eigenvalue weighted by Crippen LogP contribution is -2.14. The lowest BCUT2D eigenvalue weighted by Gasteiger charge is -2.06. The Bertz CT molecular complexity index is 756. The Labute approximate surface area is 127 Å². The molecule has 0 saturated heterocycles. The van der Waals surface area contributed by atoms with E-state index in [4.69, 9.17) is 23.2 Å². The summed E-state index contributed by atoms with van der Waals surface area (Å²) in [6.07, 6.45) is 1.11. The molecular weight excluding hydrogens is 317 g/mol. The minimum atomic E-state index is -3.48. The zero-order valence-electron chi connectivity index (χ0n) is 10.5. The number of hydrogen-bond donors (Lipinski definition) is 0.